The van der Waals surface area contributed by atoms with E-state index < -0.39 is 6.10 Å². The molecule has 2 aromatic rings. The zero-order valence-electron chi connectivity index (χ0n) is 15.1. The molecule has 1 aliphatic heterocycles. The lowest BCUT2D eigenvalue weighted by Crippen LogP contribution is -3.13. The highest BCUT2D eigenvalue weighted by atomic mass is 16.3. The van der Waals surface area contributed by atoms with Gasteiger partial charge in [-0.25, -0.2) is 0 Å². The molecule has 1 aliphatic rings. The van der Waals surface area contributed by atoms with Crippen LogP contribution in [-0.2, 0) is 6.42 Å². The maximum atomic E-state index is 10.6. The minimum Gasteiger partial charge on any atom is -0.508 e. The van der Waals surface area contributed by atoms with Crippen LogP contribution in [0.5, 0.6) is 5.75 Å². The van der Waals surface area contributed by atoms with Crippen molar-refractivity contribution in [1.82, 2.24) is 0 Å². The number of aliphatic hydroxyl groups is 1. The summed E-state index contributed by atoms with van der Waals surface area (Å²) < 4.78 is 0. The van der Waals surface area contributed by atoms with Crippen molar-refractivity contribution in [3.63, 3.8) is 0 Å². The first-order valence-electron chi connectivity index (χ1n) is 9.46. The third-order valence-corrected chi connectivity index (χ3v) is 5.56. The van der Waals surface area contributed by atoms with E-state index >= 15 is 0 Å². The zero-order valence-corrected chi connectivity index (χ0v) is 15.1. The van der Waals surface area contributed by atoms with Crippen LogP contribution in [0.2, 0.25) is 0 Å². The second-order valence-corrected chi connectivity index (χ2v) is 7.60. The van der Waals surface area contributed by atoms with Crippen LogP contribution in [0.15, 0.2) is 54.6 Å². The lowest BCUT2D eigenvalue weighted by molar-refractivity contribution is -0.909. The van der Waals surface area contributed by atoms with Gasteiger partial charge >= 0.3 is 0 Å². The molecule has 3 rings (SSSR count). The van der Waals surface area contributed by atoms with Gasteiger partial charge in [-0.3, -0.25) is 0 Å². The SMILES string of the molecule is C[C@@H](C[NH+]1CCC(Cc2ccccc2)CC1)[C@@H](O)c1ccc(O)cc1. The first kappa shape index (κ1) is 18.0. The lowest BCUT2D eigenvalue weighted by Gasteiger charge is -2.32. The summed E-state index contributed by atoms with van der Waals surface area (Å²) in [6.45, 7) is 5.52. The Balaban J connectivity index is 1.46. The molecule has 0 aromatic heterocycles. The van der Waals surface area contributed by atoms with E-state index in [9.17, 15) is 10.2 Å². The number of hydrogen-bond donors (Lipinski definition) is 3. The normalized spacial score (nSPS) is 23.1. The Morgan fingerprint density at radius 2 is 1.64 bits per heavy atom. The summed E-state index contributed by atoms with van der Waals surface area (Å²) in [5, 5.41) is 19.9. The van der Waals surface area contributed by atoms with Gasteiger partial charge in [0.2, 0.25) is 0 Å². The van der Waals surface area contributed by atoms with Gasteiger partial charge in [0, 0.05) is 5.92 Å². The molecule has 2 aromatic carbocycles. The van der Waals surface area contributed by atoms with E-state index in [2.05, 4.69) is 37.3 Å². The van der Waals surface area contributed by atoms with Crippen LogP contribution in [0, 0.1) is 11.8 Å². The highest BCUT2D eigenvalue weighted by Gasteiger charge is 2.26. The van der Waals surface area contributed by atoms with Gasteiger partial charge in [0.25, 0.3) is 0 Å². The van der Waals surface area contributed by atoms with Crippen molar-refractivity contribution >= 4 is 0 Å². The van der Waals surface area contributed by atoms with Crippen LogP contribution < -0.4 is 4.90 Å². The van der Waals surface area contributed by atoms with Crippen molar-refractivity contribution in [3.05, 3.63) is 65.7 Å². The Hall–Kier alpha value is -1.84. The Morgan fingerprint density at radius 3 is 2.28 bits per heavy atom. The maximum Gasteiger partial charge on any atom is 0.115 e. The molecule has 0 bridgehead atoms. The number of nitrogens with one attached hydrogen (secondary N) is 1. The van der Waals surface area contributed by atoms with Gasteiger partial charge in [0.05, 0.1) is 25.7 Å². The molecule has 0 amide bonds. The average Bonchev–Trinajstić information content (AvgIpc) is 2.64. The molecular formula is C22H30NO2+. The van der Waals surface area contributed by atoms with Crippen molar-refractivity contribution < 1.29 is 15.1 Å². The molecular weight excluding hydrogens is 310 g/mol. The summed E-state index contributed by atoms with van der Waals surface area (Å²) in [5.41, 5.74) is 2.34. The highest BCUT2D eigenvalue weighted by molar-refractivity contribution is 5.27. The number of benzene rings is 2. The number of piperidine rings is 1. The Kier molecular flexibility index (Phi) is 6.11. The quantitative estimate of drug-likeness (QED) is 0.757. The van der Waals surface area contributed by atoms with E-state index in [-0.39, 0.29) is 11.7 Å². The predicted octanol–water partition coefficient (Wildman–Crippen LogP) is 2.60. The fraction of sp³-hybridized carbons (Fsp3) is 0.455. The molecule has 3 nitrogen and oxygen atoms in total. The van der Waals surface area contributed by atoms with Crippen LogP contribution in [0.1, 0.15) is 37.0 Å². The molecule has 1 fully saturated rings. The summed E-state index contributed by atoms with van der Waals surface area (Å²) in [6.07, 6.45) is 3.27. The van der Waals surface area contributed by atoms with Crippen molar-refractivity contribution in [2.45, 2.75) is 32.3 Å². The van der Waals surface area contributed by atoms with Crippen molar-refractivity contribution in [2.75, 3.05) is 19.6 Å². The molecule has 2 atom stereocenters. The Labute approximate surface area is 150 Å². The van der Waals surface area contributed by atoms with Crippen LogP contribution in [0.4, 0.5) is 0 Å². The van der Waals surface area contributed by atoms with Gasteiger partial charge in [0.1, 0.15) is 5.75 Å². The lowest BCUT2D eigenvalue weighted by atomic mass is 9.89. The van der Waals surface area contributed by atoms with Gasteiger partial charge < -0.3 is 15.1 Å². The molecule has 3 N–H and O–H groups in total. The highest BCUT2D eigenvalue weighted by Crippen LogP contribution is 2.23. The molecule has 1 heterocycles. The Morgan fingerprint density at radius 1 is 1.00 bits per heavy atom. The Bertz CT molecular complexity index is 633. The smallest absolute Gasteiger partial charge is 0.115 e. The molecule has 134 valence electrons. The van der Waals surface area contributed by atoms with Crippen molar-refractivity contribution in [3.8, 4) is 5.75 Å². The standard InChI is InChI=1S/C22H29NO2/c1-17(22(25)20-7-9-21(24)10-8-20)16-23-13-11-19(12-14-23)15-18-5-3-2-4-6-18/h2-10,17,19,22,24-25H,11-16H2,1H3/p+1/t17-,22+/m0/s1. The molecule has 0 spiro atoms. The summed E-state index contributed by atoms with van der Waals surface area (Å²) in [7, 11) is 0. The van der Waals surface area contributed by atoms with Gasteiger partial charge in [-0.05, 0) is 48.4 Å². The summed E-state index contributed by atoms with van der Waals surface area (Å²) in [5.74, 6) is 1.25. The number of aliphatic hydroxyl groups excluding tert-OH is 1. The van der Waals surface area contributed by atoms with Crippen LogP contribution >= 0.6 is 0 Å². The van der Waals surface area contributed by atoms with Crippen LogP contribution in [-0.4, -0.2) is 29.8 Å². The van der Waals surface area contributed by atoms with E-state index in [4.69, 9.17) is 0 Å². The monoisotopic (exact) mass is 340 g/mol. The molecule has 0 unspecified atom stereocenters. The van der Waals surface area contributed by atoms with Gasteiger partial charge in [-0.1, -0.05) is 49.4 Å². The van der Waals surface area contributed by atoms with E-state index in [1.54, 1.807) is 17.0 Å². The van der Waals surface area contributed by atoms with Gasteiger partial charge in [-0.15, -0.1) is 0 Å². The van der Waals surface area contributed by atoms with E-state index in [0.717, 1.165) is 18.0 Å². The van der Waals surface area contributed by atoms with Gasteiger partial charge in [0.15, 0.2) is 0 Å². The number of phenols is 1. The van der Waals surface area contributed by atoms with Crippen LogP contribution in [0.25, 0.3) is 0 Å². The number of likely N-dealkylation sites (tertiary alicyclic amines) is 1. The number of aromatic hydroxyl groups is 1. The molecule has 0 radical (unpaired) electrons. The summed E-state index contributed by atoms with van der Waals surface area (Å²) in [6, 6.07) is 17.7. The molecule has 1 saturated heterocycles. The fourth-order valence-corrected chi connectivity index (χ4v) is 4.01. The summed E-state index contributed by atoms with van der Waals surface area (Å²) in [4.78, 5) is 1.61. The summed E-state index contributed by atoms with van der Waals surface area (Å²) >= 11 is 0. The minimum atomic E-state index is -0.463. The maximum absolute atomic E-state index is 10.6. The molecule has 0 aliphatic carbocycles. The second-order valence-electron chi connectivity index (χ2n) is 7.60. The molecule has 3 heteroatoms. The topological polar surface area (TPSA) is 44.9 Å². The van der Waals surface area contributed by atoms with Gasteiger partial charge in [-0.2, -0.15) is 0 Å². The second kappa shape index (κ2) is 8.50. The van der Waals surface area contributed by atoms with E-state index in [0.29, 0.717) is 0 Å². The average molecular weight is 340 g/mol. The zero-order chi connectivity index (χ0) is 17.6. The van der Waals surface area contributed by atoms with Crippen molar-refractivity contribution in [1.29, 1.82) is 0 Å². The number of hydrogen-bond acceptors (Lipinski definition) is 2. The van der Waals surface area contributed by atoms with Crippen molar-refractivity contribution in [2.24, 2.45) is 11.8 Å². The number of phenolic OH excluding ortho intramolecular Hbond substituents is 1. The van der Waals surface area contributed by atoms with E-state index in [1.807, 2.05) is 12.1 Å². The number of rotatable bonds is 6. The fourth-order valence-electron chi connectivity index (χ4n) is 4.01. The first-order chi connectivity index (χ1) is 12.1. The van der Waals surface area contributed by atoms with Crippen LogP contribution in [0.3, 0.4) is 0 Å². The first-order valence-corrected chi connectivity index (χ1v) is 9.46. The number of quaternary nitrogens is 1. The molecule has 25 heavy (non-hydrogen) atoms. The largest absolute Gasteiger partial charge is 0.508 e. The predicted molar refractivity (Wildman–Crippen MR) is 101 cm³/mol. The minimum absolute atomic E-state index is 0.213. The third kappa shape index (κ3) is 5.07. The third-order valence-electron chi connectivity index (χ3n) is 5.56. The molecule has 0 saturated carbocycles. The van der Waals surface area contributed by atoms with E-state index in [1.165, 1.54) is 37.9 Å².